The van der Waals surface area contributed by atoms with E-state index in [0.717, 1.165) is 22.2 Å². The van der Waals surface area contributed by atoms with Crippen LogP contribution in [0.15, 0.2) is 88.3 Å². The number of fused-ring (bicyclic) bond motifs is 1. The number of nitrogens with zero attached hydrogens (tertiary/aromatic N) is 2. The highest BCUT2D eigenvalue weighted by molar-refractivity contribution is 7.92. The van der Waals surface area contributed by atoms with Crippen LogP contribution >= 0.6 is 0 Å². The summed E-state index contributed by atoms with van der Waals surface area (Å²) in [5, 5.41) is 7.40. The molecular formula is C28H24N4O4S. The number of hydrogen-bond donors (Lipinski definition) is 2. The highest BCUT2D eigenvalue weighted by Crippen LogP contribution is 2.30. The Labute approximate surface area is 214 Å². The van der Waals surface area contributed by atoms with Crippen LogP contribution in [0.1, 0.15) is 27.2 Å². The van der Waals surface area contributed by atoms with Crippen molar-refractivity contribution in [3.63, 3.8) is 0 Å². The number of para-hydroxylation sites is 1. The lowest BCUT2D eigenvalue weighted by molar-refractivity contribution is 0.102. The number of amides is 1. The molecule has 0 atom stereocenters. The van der Waals surface area contributed by atoms with Crippen molar-refractivity contribution in [1.29, 1.82) is 0 Å². The topological polar surface area (TPSA) is 114 Å². The Balaban J connectivity index is 1.45. The second-order valence-corrected chi connectivity index (χ2v) is 10.3. The average molecular weight is 513 g/mol. The predicted molar refractivity (Wildman–Crippen MR) is 143 cm³/mol. The Morgan fingerprint density at radius 3 is 2.19 bits per heavy atom. The summed E-state index contributed by atoms with van der Waals surface area (Å²) in [4.78, 5) is 18.3. The number of carbonyl (C=O) groups is 1. The maximum atomic E-state index is 13.5. The first-order valence-electron chi connectivity index (χ1n) is 11.6. The molecule has 0 saturated carbocycles. The Bertz CT molecular complexity index is 1730. The van der Waals surface area contributed by atoms with Crippen molar-refractivity contribution < 1.29 is 17.7 Å². The molecule has 0 fully saturated rings. The average Bonchev–Trinajstić information content (AvgIpc) is 3.20. The van der Waals surface area contributed by atoms with E-state index >= 15 is 0 Å². The molecule has 0 unspecified atom stereocenters. The number of anilines is 2. The van der Waals surface area contributed by atoms with Crippen molar-refractivity contribution in [3.8, 4) is 11.3 Å². The molecule has 186 valence electrons. The number of aromatic nitrogens is 2. The van der Waals surface area contributed by atoms with Crippen LogP contribution < -0.4 is 10.0 Å². The fourth-order valence-corrected chi connectivity index (χ4v) is 5.13. The number of hydrogen-bond acceptors (Lipinski definition) is 6. The SMILES string of the molecule is Cc1noc(NS(=O)(=O)c2ccc(NC(=O)c3c(C)c(-c4ccccc4)nc4ccccc34)cc2)c1C. The van der Waals surface area contributed by atoms with Crippen molar-refractivity contribution >= 4 is 38.4 Å². The highest BCUT2D eigenvalue weighted by atomic mass is 32.2. The summed E-state index contributed by atoms with van der Waals surface area (Å²) in [6, 6.07) is 23.1. The third kappa shape index (κ3) is 4.68. The molecule has 5 aromatic rings. The highest BCUT2D eigenvalue weighted by Gasteiger charge is 2.21. The van der Waals surface area contributed by atoms with Gasteiger partial charge in [-0.3, -0.25) is 4.79 Å². The molecule has 2 heterocycles. The standard InChI is InChI=1S/C28H24N4O4S/c1-17-19(3)31-36-28(17)32-37(34,35)22-15-13-21(14-16-22)29-27(33)25-18(2)26(20-9-5-4-6-10-20)30-24-12-8-7-11-23(24)25/h4-16,32H,1-3H3,(H,29,33). The predicted octanol–water partition coefficient (Wildman–Crippen LogP) is 5.87. The summed E-state index contributed by atoms with van der Waals surface area (Å²) >= 11 is 0. The lowest BCUT2D eigenvalue weighted by Crippen LogP contribution is -2.16. The van der Waals surface area contributed by atoms with E-state index in [1.807, 2.05) is 61.5 Å². The molecule has 0 bridgehead atoms. The molecule has 2 N–H and O–H groups in total. The van der Waals surface area contributed by atoms with Gasteiger partial charge in [-0.15, -0.1) is 0 Å². The van der Waals surface area contributed by atoms with Crippen molar-refractivity contribution in [2.45, 2.75) is 25.7 Å². The van der Waals surface area contributed by atoms with Crippen molar-refractivity contribution in [2.24, 2.45) is 0 Å². The Morgan fingerprint density at radius 1 is 0.838 bits per heavy atom. The van der Waals surface area contributed by atoms with Gasteiger partial charge in [-0.25, -0.2) is 18.1 Å². The molecule has 0 aliphatic carbocycles. The first-order chi connectivity index (χ1) is 17.7. The fourth-order valence-electron chi connectivity index (χ4n) is 4.08. The Hall–Kier alpha value is -4.50. The van der Waals surface area contributed by atoms with Crippen LogP contribution in [-0.2, 0) is 10.0 Å². The fraction of sp³-hybridized carbons (Fsp3) is 0.107. The molecule has 2 aromatic heterocycles. The molecule has 1 amide bonds. The monoisotopic (exact) mass is 512 g/mol. The van der Waals surface area contributed by atoms with Gasteiger partial charge in [0, 0.05) is 22.2 Å². The van der Waals surface area contributed by atoms with Gasteiger partial charge in [0.15, 0.2) is 0 Å². The Morgan fingerprint density at radius 2 is 1.51 bits per heavy atom. The van der Waals surface area contributed by atoms with Gasteiger partial charge >= 0.3 is 0 Å². The number of benzene rings is 3. The smallest absolute Gasteiger partial charge is 0.264 e. The van der Waals surface area contributed by atoms with Gasteiger partial charge in [0.25, 0.3) is 15.9 Å². The van der Waals surface area contributed by atoms with E-state index in [-0.39, 0.29) is 16.7 Å². The number of aryl methyl sites for hydroxylation is 1. The van der Waals surface area contributed by atoms with Crippen molar-refractivity contribution in [1.82, 2.24) is 10.1 Å². The number of nitrogens with one attached hydrogen (secondary N) is 2. The van der Waals surface area contributed by atoms with E-state index in [0.29, 0.717) is 28.0 Å². The van der Waals surface area contributed by atoms with E-state index in [9.17, 15) is 13.2 Å². The first kappa shape index (κ1) is 24.2. The first-order valence-corrected chi connectivity index (χ1v) is 13.0. The summed E-state index contributed by atoms with van der Waals surface area (Å²) in [7, 11) is -3.90. The van der Waals surface area contributed by atoms with E-state index < -0.39 is 10.0 Å². The molecule has 9 heteroatoms. The minimum atomic E-state index is -3.90. The third-order valence-electron chi connectivity index (χ3n) is 6.22. The molecule has 0 spiro atoms. The maximum absolute atomic E-state index is 13.5. The van der Waals surface area contributed by atoms with Gasteiger partial charge in [-0.2, -0.15) is 0 Å². The van der Waals surface area contributed by atoms with E-state index in [1.54, 1.807) is 26.0 Å². The second kappa shape index (κ2) is 9.51. The summed E-state index contributed by atoms with van der Waals surface area (Å²) in [6.07, 6.45) is 0. The van der Waals surface area contributed by atoms with Crippen LogP contribution in [0, 0.1) is 20.8 Å². The van der Waals surface area contributed by atoms with E-state index in [4.69, 9.17) is 9.51 Å². The van der Waals surface area contributed by atoms with Crippen LogP contribution in [0.4, 0.5) is 11.6 Å². The van der Waals surface area contributed by atoms with Gasteiger partial charge in [0.05, 0.1) is 27.4 Å². The molecule has 3 aromatic carbocycles. The number of sulfonamides is 1. The van der Waals surface area contributed by atoms with Gasteiger partial charge in [-0.05, 0) is 56.7 Å². The number of carbonyl (C=O) groups excluding carboxylic acids is 1. The summed E-state index contributed by atoms with van der Waals surface area (Å²) < 4.78 is 33.0. The minimum absolute atomic E-state index is 0.0239. The molecule has 0 saturated heterocycles. The van der Waals surface area contributed by atoms with E-state index in [2.05, 4.69) is 15.2 Å². The van der Waals surface area contributed by atoms with Gasteiger partial charge in [0.1, 0.15) is 0 Å². The van der Waals surface area contributed by atoms with Crippen molar-refractivity contribution in [3.05, 3.63) is 101 Å². The maximum Gasteiger partial charge on any atom is 0.264 e. The zero-order valence-electron chi connectivity index (χ0n) is 20.4. The van der Waals surface area contributed by atoms with Crippen LogP contribution in [0.25, 0.3) is 22.2 Å². The van der Waals surface area contributed by atoms with Crippen LogP contribution in [0.3, 0.4) is 0 Å². The van der Waals surface area contributed by atoms with Crippen LogP contribution in [-0.4, -0.2) is 24.5 Å². The molecule has 5 rings (SSSR count). The normalized spacial score (nSPS) is 11.4. The Kier molecular flexibility index (Phi) is 6.22. The number of rotatable bonds is 6. The zero-order valence-corrected chi connectivity index (χ0v) is 21.3. The van der Waals surface area contributed by atoms with Crippen LogP contribution in [0.5, 0.6) is 0 Å². The van der Waals surface area contributed by atoms with Gasteiger partial charge < -0.3 is 9.84 Å². The summed E-state index contributed by atoms with van der Waals surface area (Å²) in [6.45, 7) is 5.33. The molecule has 37 heavy (non-hydrogen) atoms. The molecule has 0 radical (unpaired) electrons. The zero-order chi connectivity index (χ0) is 26.2. The van der Waals surface area contributed by atoms with Gasteiger partial charge in [-0.1, -0.05) is 53.7 Å². The molecule has 0 aliphatic heterocycles. The second-order valence-electron chi connectivity index (χ2n) is 8.65. The minimum Gasteiger partial charge on any atom is -0.337 e. The lowest BCUT2D eigenvalue weighted by Gasteiger charge is -2.15. The van der Waals surface area contributed by atoms with Crippen LogP contribution in [0.2, 0.25) is 0 Å². The lowest BCUT2D eigenvalue weighted by atomic mass is 9.97. The number of pyridine rings is 1. The largest absolute Gasteiger partial charge is 0.337 e. The molecule has 0 aliphatic rings. The van der Waals surface area contributed by atoms with Crippen molar-refractivity contribution in [2.75, 3.05) is 10.0 Å². The molecular weight excluding hydrogens is 488 g/mol. The van der Waals surface area contributed by atoms with Gasteiger partial charge in [0.2, 0.25) is 5.88 Å². The molecule has 8 nitrogen and oxygen atoms in total. The van der Waals surface area contributed by atoms with E-state index in [1.165, 1.54) is 12.1 Å². The quantitative estimate of drug-likeness (QED) is 0.294. The third-order valence-corrected chi connectivity index (χ3v) is 7.56. The summed E-state index contributed by atoms with van der Waals surface area (Å²) in [5.41, 5.74) is 5.30. The summed E-state index contributed by atoms with van der Waals surface area (Å²) in [5.74, 6) is -0.237.